The number of amides is 1. The number of carbonyl (C=O) groups is 1. The number of benzene rings is 1. The van der Waals surface area contributed by atoms with E-state index in [1.807, 2.05) is 37.4 Å². The summed E-state index contributed by atoms with van der Waals surface area (Å²) in [6.45, 7) is 7.86. The van der Waals surface area contributed by atoms with Crippen LogP contribution in [0.1, 0.15) is 19.8 Å². The lowest BCUT2D eigenvalue weighted by atomic mass is 9.96. The monoisotopic (exact) mass is 423 g/mol. The minimum absolute atomic E-state index is 0.0537. The number of nitrogens with two attached hydrogens (primary N) is 1. The zero-order chi connectivity index (χ0) is 22.4. The normalized spacial score (nSPS) is 15.7. The highest BCUT2D eigenvalue weighted by Crippen LogP contribution is 2.20. The van der Waals surface area contributed by atoms with Crippen molar-refractivity contribution in [1.82, 2.24) is 14.0 Å². The van der Waals surface area contributed by atoms with Crippen LogP contribution in [0.15, 0.2) is 70.9 Å². The molecule has 2 aromatic rings. The molecule has 0 radical (unpaired) electrons. The molecule has 0 aliphatic carbocycles. The SMILES string of the molecule is C=C/C(=C\N=C(C)N1CCC(Cn2ccn(-c3cccc(OC)c3)c2=O)CC1)C(N)=O. The molecule has 0 bridgehead atoms. The van der Waals surface area contributed by atoms with E-state index >= 15 is 0 Å². The molecule has 8 heteroatoms. The van der Waals surface area contributed by atoms with Crippen molar-refractivity contribution in [3.05, 3.63) is 71.6 Å². The van der Waals surface area contributed by atoms with E-state index in [4.69, 9.17) is 10.5 Å². The van der Waals surface area contributed by atoms with Crippen LogP contribution in [0.25, 0.3) is 5.69 Å². The number of ether oxygens (including phenoxy) is 1. The van der Waals surface area contributed by atoms with E-state index in [2.05, 4.69) is 16.5 Å². The Kier molecular flexibility index (Phi) is 7.12. The van der Waals surface area contributed by atoms with Gasteiger partial charge in [0.2, 0.25) is 5.91 Å². The van der Waals surface area contributed by atoms with Crippen molar-refractivity contribution in [3.8, 4) is 11.4 Å². The van der Waals surface area contributed by atoms with Crippen LogP contribution in [0.4, 0.5) is 0 Å². The molecule has 1 aliphatic rings. The highest BCUT2D eigenvalue weighted by atomic mass is 16.5. The molecule has 1 aromatic heterocycles. The lowest BCUT2D eigenvalue weighted by Crippen LogP contribution is -2.39. The molecule has 164 valence electrons. The van der Waals surface area contributed by atoms with Crippen molar-refractivity contribution in [2.24, 2.45) is 16.6 Å². The average Bonchev–Trinajstić information content (AvgIpc) is 3.14. The van der Waals surface area contributed by atoms with Crippen LogP contribution in [0.3, 0.4) is 0 Å². The third kappa shape index (κ3) is 5.33. The number of likely N-dealkylation sites (tertiary alicyclic amines) is 1. The van der Waals surface area contributed by atoms with Crippen LogP contribution < -0.4 is 16.2 Å². The Morgan fingerprint density at radius 1 is 1.32 bits per heavy atom. The quantitative estimate of drug-likeness (QED) is 0.320. The maximum Gasteiger partial charge on any atom is 0.332 e. The molecule has 0 unspecified atom stereocenters. The molecule has 2 heterocycles. The number of carbonyl (C=O) groups excluding carboxylic acids is 1. The molecule has 0 atom stereocenters. The molecule has 0 spiro atoms. The van der Waals surface area contributed by atoms with Gasteiger partial charge in [-0.15, -0.1) is 0 Å². The first kappa shape index (κ1) is 22.1. The molecule has 1 aromatic carbocycles. The number of amidine groups is 1. The molecule has 1 fully saturated rings. The van der Waals surface area contributed by atoms with Crippen LogP contribution in [0.5, 0.6) is 5.75 Å². The molecule has 2 N–H and O–H groups in total. The molecular formula is C23H29N5O3. The smallest absolute Gasteiger partial charge is 0.332 e. The first-order chi connectivity index (χ1) is 14.9. The fourth-order valence-electron chi connectivity index (χ4n) is 3.69. The Morgan fingerprint density at radius 3 is 2.71 bits per heavy atom. The molecule has 0 saturated carbocycles. The lowest BCUT2D eigenvalue weighted by molar-refractivity contribution is -0.114. The molecular weight excluding hydrogens is 394 g/mol. The minimum atomic E-state index is -0.545. The van der Waals surface area contributed by atoms with E-state index in [1.54, 1.807) is 22.4 Å². The molecule has 1 saturated heterocycles. The van der Waals surface area contributed by atoms with Crippen molar-refractivity contribution in [2.75, 3.05) is 20.2 Å². The lowest BCUT2D eigenvalue weighted by Gasteiger charge is -2.33. The minimum Gasteiger partial charge on any atom is -0.497 e. The van der Waals surface area contributed by atoms with Gasteiger partial charge in [-0.3, -0.25) is 13.9 Å². The van der Waals surface area contributed by atoms with Gasteiger partial charge >= 0.3 is 5.69 Å². The highest BCUT2D eigenvalue weighted by molar-refractivity contribution is 5.95. The Labute approximate surface area is 181 Å². The summed E-state index contributed by atoms with van der Waals surface area (Å²) < 4.78 is 8.66. The number of rotatable bonds is 7. The van der Waals surface area contributed by atoms with Crippen LogP contribution >= 0.6 is 0 Å². The van der Waals surface area contributed by atoms with Gasteiger partial charge in [-0.2, -0.15) is 0 Å². The summed E-state index contributed by atoms with van der Waals surface area (Å²) in [6, 6.07) is 7.46. The number of hydrogen-bond donors (Lipinski definition) is 1. The number of aromatic nitrogens is 2. The van der Waals surface area contributed by atoms with Crippen LogP contribution in [0, 0.1) is 5.92 Å². The molecule has 1 aliphatic heterocycles. The fraction of sp³-hybridized carbons (Fsp3) is 0.348. The third-order valence-electron chi connectivity index (χ3n) is 5.60. The standard InChI is InChI=1S/C23H29N5O3/c1-4-19(22(24)29)15-25-17(2)26-10-8-18(9-11-26)16-27-12-13-28(23(27)30)20-6-5-7-21(14-20)31-3/h4-7,12-15,18H,1,8-11,16H2,2-3H3,(H2,24,29)/b19-15+,25-17?. The Bertz CT molecular complexity index is 1060. The van der Waals surface area contributed by atoms with Gasteiger partial charge in [-0.1, -0.05) is 18.7 Å². The van der Waals surface area contributed by atoms with Gasteiger partial charge in [0.1, 0.15) is 11.6 Å². The molecule has 3 rings (SSSR count). The predicted octanol–water partition coefficient (Wildman–Crippen LogP) is 2.33. The molecule has 1 amide bonds. The third-order valence-corrected chi connectivity index (χ3v) is 5.60. The number of piperidine rings is 1. The topological polar surface area (TPSA) is 94.8 Å². The maximum atomic E-state index is 12.9. The Morgan fingerprint density at radius 2 is 2.06 bits per heavy atom. The molecule has 8 nitrogen and oxygen atoms in total. The summed E-state index contributed by atoms with van der Waals surface area (Å²) in [5.74, 6) is 1.41. The van der Waals surface area contributed by atoms with Gasteiger partial charge in [0, 0.05) is 44.3 Å². The van der Waals surface area contributed by atoms with E-state index in [-0.39, 0.29) is 11.3 Å². The fourth-order valence-corrected chi connectivity index (χ4v) is 3.69. The highest BCUT2D eigenvalue weighted by Gasteiger charge is 2.21. The first-order valence-corrected chi connectivity index (χ1v) is 10.3. The second-order valence-electron chi connectivity index (χ2n) is 7.56. The van der Waals surface area contributed by atoms with Crippen molar-refractivity contribution >= 4 is 11.7 Å². The van der Waals surface area contributed by atoms with Gasteiger partial charge in [0.25, 0.3) is 0 Å². The second kappa shape index (κ2) is 9.97. The number of methoxy groups -OCH3 is 1. The van der Waals surface area contributed by atoms with Crippen molar-refractivity contribution in [3.63, 3.8) is 0 Å². The number of imidazole rings is 1. The number of primary amides is 1. The number of nitrogens with zero attached hydrogens (tertiary/aromatic N) is 4. The Balaban J connectivity index is 1.61. The van der Waals surface area contributed by atoms with Crippen molar-refractivity contribution in [1.29, 1.82) is 0 Å². The van der Waals surface area contributed by atoms with E-state index in [1.165, 1.54) is 12.3 Å². The zero-order valence-electron chi connectivity index (χ0n) is 18.0. The van der Waals surface area contributed by atoms with Gasteiger partial charge < -0.3 is 15.4 Å². The zero-order valence-corrected chi connectivity index (χ0v) is 18.0. The maximum absolute atomic E-state index is 12.9. The average molecular weight is 424 g/mol. The van der Waals surface area contributed by atoms with E-state index < -0.39 is 5.91 Å². The van der Waals surface area contributed by atoms with Gasteiger partial charge in [0.15, 0.2) is 0 Å². The molecule has 31 heavy (non-hydrogen) atoms. The first-order valence-electron chi connectivity index (χ1n) is 10.3. The van der Waals surface area contributed by atoms with E-state index in [9.17, 15) is 9.59 Å². The van der Waals surface area contributed by atoms with Crippen LogP contribution in [-0.2, 0) is 11.3 Å². The van der Waals surface area contributed by atoms with E-state index in [0.717, 1.165) is 37.5 Å². The summed E-state index contributed by atoms with van der Waals surface area (Å²) in [4.78, 5) is 30.6. The van der Waals surface area contributed by atoms with Gasteiger partial charge in [-0.05, 0) is 37.8 Å². The second-order valence-corrected chi connectivity index (χ2v) is 7.56. The summed E-state index contributed by atoms with van der Waals surface area (Å²) >= 11 is 0. The van der Waals surface area contributed by atoms with Crippen molar-refractivity contribution in [2.45, 2.75) is 26.3 Å². The van der Waals surface area contributed by atoms with Crippen LogP contribution in [-0.4, -0.2) is 46.0 Å². The summed E-state index contributed by atoms with van der Waals surface area (Å²) in [5.41, 5.74) is 6.29. The Hall–Kier alpha value is -3.55. The van der Waals surface area contributed by atoms with Crippen molar-refractivity contribution < 1.29 is 9.53 Å². The summed E-state index contributed by atoms with van der Waals surface area (Å²) in [7, 11) is 1.61. The largest absolute Gasteiger partial charge is 0.497 e. The summed E-state index contributed by atoms with van der Waals surface area (Å²) in [6.07, 6.45) is 8.41. The van der Waals surface area contributed by atoms with E-state index in [0.29, 0.717) is 18.2 Å². The predicted molar refractivity (Wildman–Crippen MR) is 121 cm³/mol. The van der Waals surface area contributed by atoms with Gasteiger partial charge in [-0.25, -0.2) is 9.79 Å². The number of aliphatic imine (C=N–C) groups is 1. The number of hydrogen-bond acceptors (Lipinski definition) is 4. The van der Waals surface area contributed by atoms with Crippen LogP contribution in [0.2, 0.25) is 0 Å². The van der Waals surface area contributed by atoms with Gasteiger partial charge in [0.05, 0.1) is 18.4 Å². The summed E-state index contributed by atoms with van der Waals surface area (Å²) in [5, 5.41) is 0.